The molecule has 0 bridgehead atoms. The number of benzene rings is 1. The van der Waals surface area contributed by atoms with Crippen LogP contribution in [-0.4, -0.2) is 11.8 Å². The summed E-state index contributed by atoms with van der Waals surface area (Å²) in [6.45, 7) is 0. The summed E-state index contributed by atoms with van der Waals surface area (Å²) < 4.78 is 0. The Bertz CT molecular complexity index is 364. The molecule has 0 saturated carbocycles. The lowest BCUT2D eigenvalue weighted by Gasteiger charge is -2.09. The van der Waals surface area contributed by atoms with Gasteiger partial charge in [0, 0.05) is 12.8 Å². The van der Waals surface area contributed by atoms with Crippen LogP contribution in [0.1, 0.15) is 24.8 Å². The number of hydrogen-bond donors (Lipinski definition) is 1. The van der Waals surface area contributed by atoms with Gasteiger partial charge < -0.3 is 5.73 Å². The van der Waals surface area contributed by atoms with Crippen LogP contribution in [0.2, 0.25) is 0 Å². The molecule has 0 heterocycles. The topological polar surface area (TPSA) is 43.1 Å². The molecule has 16 heavy (non-hydrogen) atoms. The lowest BCUT2D eigenvalue weighted by molar-refractivity contribution is -0.120. The van der Waals surface area contributed by atoms with Crippen LogP contribution in [0.15, 0.2) is 30.3 Å². The maximum atomic E-state index is 11.6. The molecule has 0 amide bonds. The zero-order valence-electron chi connectivity index (χ0n) is 9.36. The first-order valence-electron chi connectivity index (χ1n) is 5.49. The van der Waals surface area contributed by atoms with Gasteiger partial charge in [0.2, 0.25) is 0 Å². The largest absolute Gasteiger partial charge is 0.321 e. The maximum Gasteiger partial charge on any atom is 0.149 e. The molecule has 1 unspecified atom stereocenters. The number of Topliss-reactive ketones (excluding diaryl/α,β-unsaturated/α-hetero) is 1. The summed E-state index contributed by atoms with van der Waals surface area (Å²) >= 11 is 0. The zero-order chi connectivity index (χ0) is 11.8. The molecule has 0 fully saturated rings. The lowest BCUT2D eigenvalue weighted by Crippen LogP contribution is -2.32. The summed E-state index contributed by atoms with van der Waals surface area (Å²) in [6.07, 6.45) is 7.59. The van der Waals surface area contributed by atoms with E-state index in [2.05, 4.69) is 5.92 Å². The minimum absolute atomic E-state index is 0.0964. The Kier molecular flexibility index (Phi) is 5.31. The number of nitrogens with two attached hydrogens (primary N) is 1. The first kappa shape index (κ1) is 12.5. The number of unbranched alkanes of at least 4 members (excludes halogenated alkanes) is 1. The van der Waals surface area contributed by atoms with Crippen molar-refractivity contribution < 1.29 is 4.79 Å². The summed E-state index contributed by atoms with van der Waals surface area (Å²) in [5.41, 5.74) is 6.93. The highest BCUT2D eigenvalue weighted by atomic mass is 16.1. The fourth-order valence-electron chi connectivity index (χ4n) is 1.53. The molecule has 2 nitrogen and oxygen atoms in total. The maximum absolute atomic E-state index is 11.6. The van der Waals surface area contributed by atoms with E-state index in [4.69, 9.17) is 12.2 Å². The Labute approximate surface area is 96.9 Å². The highest BCUT2D eigenvalue weighted by molar-refractivity contribution is 5.84. The summed E-state index contributed by atoms with van der Waals surface area (Å²) in [5.74, 6) is 2.62. The monoisotopic (exact) mass is 215 g/mol. The number of carbonyl (C=O) groups excluding carboxylic acids is 1. The van der Waals surface area contributed by atoms with E-state index in [1.807, 2.05) is 30.3 Å². The van der Waals surface area contributed by atoms with Crippen LogP contribution >= 0.6 is 0 Å². The third-order valence-electron chi connectivity index (χ3n) is 2.46. The van der Waals surface area contributed by atoms with Crippen LogP contribution in [0, 0.1) is 12.3 Å². The fourth-order valence-corrected chi connectivity index (χ4v) is 1.53. The minimum atomic E-state index is -0.403. The normalized spacial score (nSPS) is 11.8. The number of ketones is 1. The van der Waals surface area contributed by atoms with Gasteiger partial charge in [0.05, 0.1) is 6.04 Å². The zero-order valence-corrected chi connectivity index (χ0v) is 9.36. The van der Waals surface area contributed by atoms with E-state index < -0.39 is 6.04 Å². The van der Waals surface area contributed by atoms with Crippen LogP contribution in [0.5, 0.6) is 0 Å². The molecule has 1 aromatic carbocycles. The quantitative estimate of drug-likeness (QED) is 0.582. The van der Waals surface area contributed by atoms with Gasteiger partial charge in [-0.2, -0.15) is 0 Å². The van der Waals surface area contributed by atoms with Crippen LogP contribution in [0.3, 0.4) is 0 Å². The summed E-state index contributed by atoms with van der Waals surface area (Å²) in [4.78, 5) is 11.6. The van der Waals surface area contributed by atoms with E-state index in [1.165, 1.54) is 0 Å². The van der Waals surface area contributed by atoms with Gasteiger partial charge in [0.15, 0.2) is 0 Å². The second-order valence-corrected chi connectivity index (χ2v) is 3.82. The van der Waals surface area contributed by atoms with Crippen LogP contribution in [-0.2, 0) is 11.2 Å². The summed E-state index contributed by atoms with van der Waals surface area (Å²) in [5, 5.41) is 0. The van der Waals surface area contributed by atoms with E-state index in [1.54, 1.807) is 0 Å². The van der Waals surface area contributed by atoms with E-state index in [0.29, 0.717) is 19.3 Å². The number of terminal acetylenes is 1. The number of carbonyl (C=O) groups is 1. The average Bonchev–Trinajstić information content (AvgIpc) is 2.30. The molecule has 0 aromatic heterocycles. The molecule has 0 spiro atoms. The highest BCUT2D eigenvalue weighted by Gasteiger charge is 2.12. The molecule has 2 heteroatoms. The Morgan fingerprint density at radius 1 is 1.38 bits per heavy atom. The van der Waals surface area contributed by atoms with Crippen molar-refractivity contribution in [3.63, 3.8) is 0 Å². The van der Waals surface area contributed by atoms with Crippen molar-refractivity contribution in [2.45, 2.75) is 31.7 Å². The molecule has 0 aliphatic heterocycles. The molecule has 1 aromatic rings. The SMILES string of the molecule is C#CCCCC(=O)C(N)Cc1ccccc1. The van der Waals surface area contributed by atoms with Crippen molar-refractivity contribution in [2.24, 2.45) is 5.73 Å². The van der Waals surface area contributed by atoms with Gasteiger partial charge in [-0.1, -0.05) is 30.3 Å². The molecular formula is C14H17NO. The molecule has 2 N–H and O–H groups in total. The molecule has 1 atom stereocenters. The molecule has 0 aliphatic rings. The Hall–Kier alpha value is -1.59. The van der Waals surface area contributed by atoms with Gasteiger partial charge in [-0.05, 0) is 18.4 Å². The second kappa shape index (κ2) is 6.81. The Morgan fingerprint density at radius 3 is 2.69 bits per heavy atom. The van der Waals surface area contributed by atoms with Crippen molar-refractivity contribution in [2.75, 3.05) is 0 Å². The predicted octanol–water partition coefficient (Wildman–Crippen LogP) is 1.93. The first-order chi connectivity index (χ1) is 7.74. The van der Waals surface area contributed by atoms with Crippen LogP contribution in [0.4, 0.5) is 0 Å². The number of rotatable bonds is 6. The Balaban J connectivity index is 2.38. The molecule has 0 saturated heterocycles. The van der Waals surface area contributed by atoms with Crippen molar-refractivity contribution in [1.82, 2.24) is 0 Å². The van der Waals surface area contributed by atoms with Crippen molar-refractivity contribution in [1.29, 1.82) is 0 Å². The predicted molar refractivity (Wildman–Crippen MR) is 65.8 cm³/mol. The molecule has 0 radical (unpaired) electrons. The summed E-state index contributed by atoms with van der Waals surface area (Å²) in [6, 6.07) is 9.41. The molecule has 0 aliphatic carbocycles. The third kappa shape index (κ3) is 4.29. The van der Waals surface area contributed by atoms with Gasteiger partial charge >= 0.3 is 0 Å². The molecular weight excluding hydrogens is 198 g/mol. The standard InChI is InChI=1S/C14H17NO/c1-2-3-5-10-14(16)13(15)11-12-8-6-4-7-9-12/h1,4,6-9,13H,3,5,10-11,15H2. The van der Waals surface area contributed by atoms with Gasteiger partial charge in [-0.3, -0.25) is 4.79 Å². The van der Waals surface area contributed by atoms with Crippen LogP contribution in [0.25, 0.3) is 0 Å². The fraction of sp³-hybridized carbons (Fsp3) is 0.357. The van der Waals surface area contributed by atoms with Crippen molar-refractivity contribution in [3.05, 3.63) is 35.9 Å². The van der Waals surface area contributed by atoms with Crippen molar-refractivity contribution in [3.8, 4) is 12.3 Å². The highest BCUT2D eigenvalue weighted by Crippen LogP contribution is 2.05. The van der Waals surface area contributed by atoms with Crippen molar-refractivity contribution >= 4 is 5.78 Å². The van der Waals surface area contributed by atoms with Gasteiger partial charge in [-0.25, -0.2) is 0 Å². The average molecular weight is 215 g/mol. The number of hydrogen-bond acceptors (Lipinski definition) is 2. The minimum Gasteiger partial charge on any atom is -0.321 e. The summed E-state index contributed by atoms with van der Waals surface area (Å²) in [7, 11) is 0. The van der Waals surface area contributed by atoms with E-state index in [9.17, 15) is 4.79 Å². The lowest BCUT2D eigenvalue weighted by atomic mass is 10.00. The van der Waals surface area contributed by atoms with Crippen LogP contribution < -0.4 is 5.73 Å². The van der Waals surface area contributed by atoms with Gasteiger partial charge in [0.1, 0.15) is 5.78 Å². The van der Waals surface area contributed by atoms with E-state index in [-0.39, 0.29) is 5.78 Å². The second-order valence-electron chi connectivity index (χ2n) is 3.82. The molecule has 84 valence electrons. The van der Waals surface area contributed by atoms with E-state index >= 15 is 0 Å². The first-order valence-corrected chi connectivity index (χ1v) is 5.49. The van der Waals surface area contributed by atoms with Gasteiger partial charge in [-0.15, -0.1) is 12.3 Å². The smallest absolute Gasteiger partial charge is 0.149 e. The van der Waals surface area contributed by atoms with Gasteiger partial charge in [0.25, 0.3) is 0 Å². The molecule has 1 rings (SSSR count). The Morgan fingerprint density at radius 2 is 2.06 bits per heavy atom. The van der Waals surface area contributed by atoms with E-state index in [0.717, 1.165) is 12.0 Å². The third-order valence-corrected chi connectivity index (χ3v) is 2.46.